The summed E-state index contributed by atoms with van der Waals surface area (Å²) >= 11 is 0. The lowest BCUT2D eigenvalue weighted by Crippen LogP contribution is -2.56. The van der Waals surface area contributed by atoms with E-state index in [0.29, 0.717) is 5.56 Å². The topological polar surface area (TPSA) is 36.3 Å². The smallest absolute Gasteiger partial charge is 0.431 e. The van der Waals surface area contributed by atoms with E-state index in [1.807, 2.05) is 24.3 Å². The molecule has 0 N–H and O–H groups in total. The number of rotatable bonds is 1. The number of para-hydroxylation sites is 2. The lowest BCUT2D eigenvalue weighted by molar-refractivity contribution is 0.590. The zero-order chi connectivity index (χ0) is 19.4. The molecule has 3 nitrogen and oxygen atoms in total. The zero-order valence-corrected chi connectivity index (χ0v) is 15.5. The van der Waals surface area contributed by atoms with Gasteiger partial charge in [0.25, 0.3) is 0 Å². The number of hydrogen-bond acceptors (Lipinski definition) is 3. The highest BCUT2D eigenvalue weighted by molar-refractivity contribution is 6.85. The fourth-order valence-electron chi connectivity index (χ4n) is 4.47. The first-order valence-electron chi connectivity index (χ1n) is 9.63. The fourth-order valence-corrected chi connectivity index (χ4v) is 4.47. The summed E-state index contributed by atoms with van der Waals surface area (Å²) < 4.78 is 6.51. The van der Waals surface area contributed by atoms with Crippen molar-refractivity contribution in [2.24, 2.45) is 0 Å². The average molecular weight is 370 g/mol. The predicted molar refractivity (Wildman–Crippen MR) is 117 cm³/mol. The number of nitrogens with zero attached hydrogens (tertiary/aromatic N) is 2. The van der Waals surface area contributed by atoms with E-state index in [1.54, 1.807) is 0 Å². The van der Waals surface area contributed by atoms with E-state index in [1.165, 1.54) is 0 Å². The van der Waals surface area contributed by atoms with Crippen LogP contribution in [0.5, 0.6) is 5.75 Å². The molecule has 134 valence electrons. The van der Waals surface area contributed by atoms with Gasteiger partial charge in [-0.15, -0.1) is 0 Å². The van der Waals surface area contributed by atoms with Crippen LogP contribution in [0, 0.1) is 11.3 Å². The Bertz CT molecular complexity index is 1310. The molecule has 4 heteroatoms. The van der Waals surface area contributed by atoms with E-state index >= 15 is 0 Å². The molecule has 0 unspecified atom stereocenters. The third-order valence-corrected chi connectivity index (χ3v) is 5.70. The third kappa shape index (κ3) is 2.25. The van der Waals surface area contributed by atoms with Crippen LogP contribution in [0.4, 0.5) is 17.1 Å². The normalized spacial score (nSPS) is 12.9. The molecule has 29 heavy (non-hydrogen) atoms. The first kappa shape index (κ1) is 16.0. The molecule has 0 aliphatic carbocycles. The second kappa shape index (κ2) is 6.02. The maximum Gasteiger partial charge on any atom is 0.431 e. The summed E-state index contributed by atoms with van der Waals surface area (Å²) in [5.74, 6) is 0.821. The predicted octanol–water partition coefficient (Wildman–Crippen LogP) is 4.51. The van der Waals surface area contributed by atoms with E-state index in [0.717, 1.165) is 44.9 Å². The van der Waals surface area contributed by atoms with Gasteiger partial charge in [-0.25, -0.2) is 0 Å². The minimum absolute atomic E-state index is 0.169. The Kier molecular flexibility index (Phi) is 3.33. The zero-order valence-electron chi connectivity index (χ0n) is 15.5. The number of benzene rings is 4. The molecule has 0 aromatic heterocycles. The molecule has 2 aliphatic heterocycles. The van der Waals surface area contributed by atoms with Gasteiger partial charge in [0.1, 0.15) is 5.75 Å². The molecule has 2 heterocycles. The van der Waals surface area contributed by atoms with E-state index in [-0.39, 0.29) is 6.92 Å². The van der Waals surface area contributed by atoms with Gasteiger partial charge in [0.15, 0.2) is 0 Å². The molecule has 0 saturated heterocycles. The summed E-state index contributed by atoms with van der Waals surface area (Å²) in [6.07, 6.45) is 0. The first-order valence-corrected chi connectivity index (χ1v) is 9.63. The molecule has 6 rings (SSSR count). The molecular formula is C25H15BN2O. The summed E-state index contributed by atoms with van der Waals surface area (Å²) in [4.78, 5) is 2.30. The summed E-state index contributed by atoms with van der Waals surface area (Å²) in [5.41, 5.74) is 8.40. The van der Waals surface area contributed by atoms with Gasteiger partial charge in [0, 0.05) is 28.1 Å². The highest BCUT2D eigenvalue weighted by Gasteiger charge is 2.41. The standard InChI is InChI=1S/C25H15BN2O/c27-16-17-13-14-24-20(15-17)19-9-6-12-23-25(19)26(29-24)21-10-4-5-11-22(21)28(23)18-7-2-1-3-8-18/h1-15H. The summed E-state index contributed by atoms with van der Waals surface area (Å²) in [5, 5.41) is 9.37. The van der Waals surface area contributed by atoms with Crippen molar-refractivity contribution in [3.8, 4) is 22.9 Å². The van der Waals surface area contributed by atoms with Crippen molar-refractivity contribution in [1.82, 2.24) is 0 Å². The molecule has 0 radical (unpaired) electrons. The monoisotopic (exact) mass is 370 g/mol. The maximum absolute atomic E-state index is 9.37. The molecule has 0 saturated carbocycles. The van der Waals surface area contributed by atoms with Crippen LogP contribution in [-0.4, -0.2) is 6.92 Å². The van der Waals surface area contributed by atoms with Crippen LogP contribution in [0.2, 0.25) is 0 Å². The summed E-state index contributed by atoms with van der Waals surface area (Å²) in [7, 11) is 0. The molecule has 0 amide bonds. The van der Waals surface area contributed by atoms with Crippen LogP contribution < -0.4 is 20.5 Å². The van der Waals surface area contributed by atoms with Crippen molar-refractivity contribution in [1.29, 1.82) is 5.26 Å². The Balaban J connectivity index is 1.68. The van der Waals surface area contributed by atoms with Gasteiger partial charge in [0.05, 0.1) is 11.6 Å². The summed E-state index contributed by atoms with van der Waals surface area (Å²) in [6.45, 7) is -0.169. The third-order valence-electron chi connectivity index (χ3n) is 5.70. The van der Waals surface area contributed by atoms with Crippen molar-refractivity contribution in [2.75, 3.05) is 4.90 Å². The van der Waals surface area contributed by atoms with E-state index < -0.39 is 0 Å². The van der Waals surface area contributed by atoms with Gasteiger partial charge in [-0.1, -0.05) is 48.5 Å². The van der Waals surface area contributed by atoms with Gasteiger partial charge < -0.3 is 9.55 Å². The van der Waals surface area contributed by atoms with E-state index in [9.17, 15) is 5.26 Å². The largest absolute Gasteiger partial charge is 0.551 e. The maximum atomic E-state index is 9.37. The Morgan fingerprint density at radius 1 is 0.759 bits per heavy atom. The molecular weight excluding hydrogens is 355 g/mol. The molecule has 2 aliphatic rings. The number of anilines is 3. The minimum Gasteiger partial charge on any atom is -0.551 e. The average Bonchev–Trinajstić information content (AvgIpc) is 2.79. The van der Waals surface area contributed by atoms with E-state index in [2.05, 4.69) is 77.7 Å². The molecule has 4 aromatic carbocycles. The molecule has 0 bridgehead atoms. The van der Waals surface area contributed by atoms with Crippen LogP contribution >= 0.6 is 0 Å². The van der Waals surface area contributed by atoms with Crippen LogP contribution in [0.15, 0.2) is 91.0 Å². The molecule has 0 fully saturated rings. The molecule has 4 aromatic rings. The number of fused-ring (bicyclic) bond motifs is 4. The lowest BCUT2D eigenvalue weighted by Gasteiger charge is -2.39. The van der Waals surface area contributed by atoms with Crippen molar-refractivity contribution in [3.05, 3.63) is 96.6 Å². The van der Waals surface area contributed by atoms with Gasteiger partial charge in [-0.3, -0.25) is 0 Å². The number of hydrogen-bond donors (Lipinski definition) is 0. The van der Waals surface area contributed by atoms with Crippen molar-refractivity contribution in [2.45, 2.75) is 0 Å². The van der Waals surface area contributed by atoms with Gasteiger partial charge in [-0.2, -0.15) is 5.26 Å². The van der Waals surface area contributed by atoms with E-state index in [4.69, 9.17) is 4.65 Å². The van der Waals surface area contributed by atoms with Crippen molar-refractivity contribution < 1.29 is 4.65 Å². The second-order valence-corrected chi connectivity index (χ2v) is 7.29. The lowest BCUT2D eigenvalue weighted by atomic mass is 9.49. The van der Waals surface area contributed by atoms with Gasteiger partial charge in [-0.05, 0) is 53.5 Å². The highest BCUT2D eigenvalue weighted by atomic mass is 16.4. The number of nitriles is 1. The first-order chi connectivity index (χ1) is 14.3. The molecule has 0 atom stereocenters. The Hall–Kier alpha value is -3.97. The summed E-state index contributed by atoms with van der Waals surface area (Å²) in [6, 6.07) is 33.1. The van der Waals surface area contributed by atoms with Crippen LogP contribution in [0.25, 0.3) is 11.1 Å². The van der Waals surface area contributed by atoms with Gasteiger partial charge in [0.2, 0.25) is 0 Å². The van der Waals surface area contributed by atoms with Crippen LogP contribution in [0.1, 0.15) is 5.56 Å². The van der Waals surface area contributed by atoms with Crippen molar-refractivity contribution >= 4 is 34.9 Å². The fraction of sp³-hybridized carbons (Fsp3) is 0. The van der Waals surface area contributed by atoms with Crippen molar-refractivity contribution in [3.63, 3.8) is 0 Å². The minimum atomic E-state index is -0.169. The SMILES string of the molecule is N#Cc1ccc2c(c1)-c1cccc3c1B(O2)c1ccccc1N3c1ccccc1. The molecule has 0 spiro atoms. The Morgan fingerprint density at radius 2 is 1.55 bits per heavy atom. The second-order valence-electron chi connectivity index (χ2n) is 7.29. The van der Waals surface area contributed by atoms with Crippen LogP contribution in [0.3, 0.4) is 0 Å². The quantitative estimate of drug-likeness (QED) is 0.463. The Morgan fingerprint density at radius 3 is 2.41 bits per heavy atom. The van der Waals surface area contributed by atoms with Gasteiger partial charge >= 0.3 is 6.92 Å². The Labute approximate surface area is 169 Å². The highest BCUT2D eigenvalue weighted by Crippen LogP contribution is 2.42. The van der Waals surface area contributed by atoms with Crippen LogP contribution in [-0.2, 0) is 0 Å².